The molecule has 0 aliphatic carbocycles. The molecule has 7 nitrogen and oxygen atoms in total. The van der Waals surface area contributed by atoms with Gasteiger partial charge in [-0.2, -0.15) is 0 Å². The number of benzene rings is 2. The fraction of sp³-hybridized carbons (Fsp3) is 0.222. The number of aryl methyl sites for hydroxylation is 1. The molecule has 0 bridgehead atoms. The van der Waals surface area contributed by atoms with Gasteiger partial charge < -0.3 is 19.9 Å². The van der Waals surface area contributed by atoms with Crippen molar-refractivity contribution in [1.82, 2.24) is 15.0 Å². The van der Waals surface area contributed by atoms with Crippen LogP contribution in [0.25, 0.3) is 0 Å². The maximum Gasteiger partial charge on any atom is 0.271 e. The molecule has 4 heterocycles. The van der Waals surface area contributed by atoms with E-state index in [-0.39, 0.29) is 11.7 Å². The zero-order chi connectivity index (χ0) is 24.5. The number of nitrogens with one attached hydrogen (secondary N) is 2. The van der Waals surface area contributed by atoms with Gasteiger partial charge in [0.15, 0.2) is 0 Å². The molecule has 1 fully saturated rings. The molecule has 9 heteroatoms. The number of pyridine rings is 1. The average Bonchev–Trinajstić information content (AvgIpc) is 2.91. The van der Waals surface area contributed by atoms with E-state index < -0.39 is 0 Å². The van der Waals surface area contributed by atoms with E-state index in [9.17, 15) is 4.79 Å². The van der Waals surface area contributed by atoms with Gasteiger partial charge in [0.2, 0.25) is 0 Å². The maximum absolute atomic E-state index is 12.3. The summed E-state index contributed by atoms with van der Waals surface area (Å²) < 4.78 is 6.21. The molecule has 2 aromatic heterocycles. The van der Waals surface area contributed by atoms with Crippen LogP contribution in [0.4, 0.5) is 11.4 Å². The molecule has 0 spiro atoms. The minimum atomic E-state index is -0.0977. The normalized spacial score (nSPS) is 16.8. The predicted octanol–water partition coefficient (Wildman–Crippen LogP) is 5.28. The zero-order valence-electron chi connectivity index (χ0n) is 19.7. The van der Waals surface area contributed by atoms with Crippen molar-refractivity contribution in [2.45, 2.75) is 39.2 Å². The van der Waals surface area contributed by atoms with Crippen molar-refractivity contribution in [1.29, 1.82) is 0 Å². The first-order valence-corrected chi connectivity index (χ1v) is 13.5. The Hall–Kier alpha value is -3.27. The molecule has 2 aliphatic rings. The lowest BCUT2D eigenvalue weighted by Crippen LogP contribution is -2.41. The van der Waals surface area contributed by atoms with Crippen LogP contribution in [0.3, 0.4) is 0 Å². The Balaban J connectivity index is 1.20. The van der Waals surface area contributed by atoms with Crippen molar-refractivity contribution < 1.29 is 4.74 Å². The van der Waals surface area contributed by atoms with E-state index in [0.29, 0.717) is 31.9 Å². The van der Waals surface area contributed by atoms with Crippen LogP contribution >= 0.6 is 23.5 Å². The summed E-state index contributed by atoms with van der Waals surface area (Å²) in [7, 11) is 0. The van der Waals surface area contributed by atoms with Gasteiger partial charge in [-0.3, -0.25) is 14.8 Å². The van der Waals surface area contributed by atoms with Crippen LogP contribution in [0.15, 0.2) is 91.5 Å². The molecule has 36 heavy (non-hydrogen) atoms. The van der Waals surface area contributed by atoms with Gasteiger partial charge in [-0.1, -0.05) is 35.7 Å². The van der Waals surface area contributed by atoms with E-state index in [1.807, 2.05) is 25.3 Å². The zero-order valence-corrected chi connectivity index (χ0v) is 21.4. The maximum atomic E-state index is 12.3. The van der Waals surface area contributed by atoms with Gasteiger partial charge >= 0.3 is 0 Å². The lowest BCUT2D eigenvalue weighted by molar-refractivity contribution is 0.0378. The second-order valence-corrected chi connectivity index (χ2v) is 10.9. The van der Waals surface area contributed by atoms with Crippen LogP contribution in [-0.2, 0) is 11.3 Å². The van der Waals surface area contributed by atoms with Crippen molar-refractivity contribution >= 4 is 34.9 Å². The van der Waals surface area contributed by atoms with Gasteiger partial charge in [0.25, 0.3) is 5.56 Å². The molecular weight excluding hydrogens is 490 g/mol. The molecular formula is C27H25N5O2S2. The summed E-state index contributed by atoms with van der Waals surface area (Å²) in [5.41, 5.74) is 4.69. The molecule has 0 amide bonds. The number of morpholine rings is 1. The quantitative estimate of drug-likeness (QED) is 0.327. The summed E-state index contributed by atoms with van der Waals surface area (Å²) in [6.07, 6.45) is 5.17. The number of aromatic amines is 1. The Labute approximate surface area is 217 Å². The molecule has 0 saturated carbocycles. The largest absolute Gasteiger partial charge is 0.379 e. The van der Waals surface area contributed by atoms with E-state index in [1.54, 1.807) is 35.9 Å². The highest BCUT2D eigenvalue weighted by Gasteiger charge is 2.29. The van der Waals surface area contributed by atoms with Crippen LogP contribution in [-0.4, -0.2) is 34.6 Å². The minimum Gasteiger partial charge on any atom is -0.379 e. The SMILES string of the molecule is Cc1cnc(CNc2ccc3c(c2)Sc2cccc(C4CN(c5ccc[nH]c5=O)CCO4)c2S3)cn1. The fourth-order valence-corrected chi connectivity index (χ4v) is 6.86. The third kappa shape index (κ3) is 4.74. The summed E-state index contributed by atoms with van der Waals surface area (Å²) >= 11 is 3.58. The first-order valence-electron chi connectivity index (χ1n) is 11.8. The molecule has 6 rings (SSSR count). The van der Waals surface area contributed by atoms with Crippen molar-refractivity contribution in [2.75, 3.05) is 29.9 Å². The molecule has 4 aromatic rings. The molecule has 0 radical (unpaired) electrons. The van der Waals surface area contributed by atoms with Gasteiger partial charge in [0.1, 0.15) is 11.8 Å². The van der Waals surface area contributed by atoms with Crippen molar-refractivity contribution in [3.8, 4) is 0 Å². The van der Waals surface area contributed by atoms with Gasteiger partial charge in [-0.25, -0.2) is 0 Å². The van der Waals surface area contributed by atoms with Crippen molar-refractivity contribution in [2.24, 2.45) is 0 Å². The van der Waals surface area contributed by atoms with E-state index in [2.05, 4.69) is 61.6 Å². The van der Waals surface area contributed by atoms with E-state index in [0.717, 1.165) is 17.1 Å². The first kappa shape index (κ1) is 23.1. The lowest BCUT2D eigenvalue weighted by atomic mass is 10.1. The summed E-state index contributed by atoms with van der Waals surface area (Å²) in [5, 5.41) is 3.46. The third-order valence-corrected chi connectivity index (χ3v) is 8.86. The number of hydrogen-bond donors (Lipinski definition) is 2. The number of aromatic nitrogens is 3. The highest BCUT2D eigenvalue weighted by Crippen LogP contribution is 2.51. The van der Waals surface area contributed by atoms with Gasteiger partial charge in [-0.05, 0) is 48.9 Å². The van der Waals surface area contributed by atoms with Crippen LogP contribution in [0.5, 0.6) is 0 Å². The number of fused-ring (bicyclic) bond motifs is 2. The Kier molecular flexibility index (Phi) is 6.43. The number of ether oxygens (including phenoxy) is 1. The molecule has 1 saturated heterocycles. The lowest BCUT2D eigenvalue weighted by Gasteiger charge is -2.35. The van der Waals surface area contributed by atoms with Gasteiger partial charge in [0, 0.05) is 50.8 Å². The molecule has 2 N–H and O–H groups in total. The van der Waals surface area contributed by atoms with Crippen molar-refractivity contribution in [3.63, 3.8) is 0 Å². The standard InChI is InChI=1S/C27H25N5O2S2/c1-17-13-30-19(14-29-17)15-31-18-7-8-23-25(12-18)35-24-6-2-4-20(26(24)36-23)22-16-32(10-11-34-22)21-5-3-9-28-27(21)33/h2-9,12-14,22,31H,10-11,15-16H2,1H3,(H,28,33). The van der Waals surface area contributed by atoms with Gasteiger partial charge in [-0.15, -0.1) is 0 Å². The second-order valence-electron chi connectivity index (χ2n) is 8.73. The fourth-order valence-electron chi connectivity index (χ4n) is 4.41. The van der Waals surface area contributed by atoms with Crippen molar-refractivity contribution in [3.05, 3.63) is 94.4 Å². The van der Waals surface area contributed by atoms with E-state index in [1.165, 1.54) is 25.1 Å². The average molecular weight is 516 g/mol. The third-order valence-electron chi connectivity index (χ3n) is 6.24. The molecule has 182 valence electrons. The van der Waals surface area contributed by atoms with Crippen LogP contribution in [0, 0.1) is 6.92 Å². The summed E-state index contributed by atoms with van der Waals surface area (Å²) in [4.78, 5) is 30.9. The Bertz CT molecular complexity index is 1460. The first-order chi connectivity index (χ1) is 17.6. The topological polar surface area (TPSA) is 83.1 Å². The monoisotopic (exact) mass is 515 g/mol. The number of anilines is 2. The predicted molar refractivity (Wildman–Crippen MR) is 143 cm³/mol. The number of H-pyrrole nitrogens is 1. The van der Waals surface area contributed by atoms with E-state index in [4.69, 9.17) is 4.74 Å². The smallest absolute Gasteiger partial charge is 0.271 e. The molecule has 1 atom stereocenters. The Morgan fingerprint density at radius 1 is 1.08 bits per heavy atom. The summed E-state index contributed by atoms with van der Waals surface area (Å²) in [6.45, 7) is 4.49. The van der Waals surface area contributed by atoms with E-state index >= 15 is 0 Å². The highest BCUT2D eigenvalue weighted by molar-refractivity contribution is 8.05. The number of hydrogen-bond acceptors (Lipinski definition) is 8. The molecule has 1 unspecified atom stereocenters. The highest BCUT2D eigenvalue weighted by atomic mass is 32.2. The summed E-state index contributed by atoms with van der Waals surface area (Å²) in [6, 6.07) is 16.7. The van der Waals surface area contributed by atoms with Gasteiger partial charge in [0.05, 0.1) is 30.7 Å². The summed E-state index contributed by atoms with van der Waals surface area (Å²) in [5.74, 6) is 0. The number of rotatable bonds is 5. The van der Waals surface area contributed by atoms with Crippen LogP contribution in [0.1, 0.15) is 23.1 Å². The number of nitrogens with zero attached hydrogens (tertiary/aromatic N) is 3. The Morgan fingerprint density at radius 3 is 2.89 bits per heavy atom. The second kappa shape index (κ2) is 10.0. The molecule has 2 aromatic carbocycles. The minimum absolute atomic E-state index is 0.0639. The Morgan fingerprint density at radius 2 is 2.03 bits per heavy atom. The van der Waals surface area contributed by atoms with Crippen LogP contribution in [0.2, 0.25) is 0 Å². The van der Waals surface area contributed by atoms with Crippen LogP contribution < -0.4 is 15.8 Å². The molecule has 2 aliphatic heterocycles.